The second kappa shape index (κ2) is 5.48. The zero-order valence-corrected chi connectivity index (χ0v) is 12.0. The van der Waals surface area contributed by atoms with Gasteiger partial charge in [0.15, 0.2) is 5.76 Å². The maximum Gasteiger partial charge on any atom is 0.202 e. The van der Waals surface area contributed by atoms with Crippen molar-refractivity contribution in [2.75, 3.05) is 0 Å². The summed E-state index contributed by atoms with van der Waals surface area (Å²) in [5.41, 5.74) is 0.727. The molecule has 1 aromatic carbocycles. The molecule has 3 aromatic rings. The smallest absolute Gasteiger partial charge is 0.202 e. The monoisotopic (exact) mass is 367 g/mol. The molecule has 0 atom stereocenters. The van der Waals surface area contributed by atoms with Crippen molar-refractivity contribution in [2.24, 2.45) is 0 Å². The molecule has 0 N–H and O–H groups in total. The molecular weight excluding hydrogens is 357 g/mol. The van der Waals surface area contributed by atoms with Crippen LogP contribution in [0, 0.1) is 3.57 Å². The highest BCUT2D eigenvalue weighted by Gasteiger charge is 2.09. The van der Waals surface area contributed by atoms with Gasteiger partial charge in [-0.05, 0) is 59.0 Å². The summed E-state index contributed by atoms with van der Waals surface area (Å²) >= 11 is 2.25. The second-order valence-electron chi connectivity index (χ2n) is 3.90. The van der Waals surface area contributed by atoms with Gasteiger partial charge in [0.25, 0.3) is 0 Å². The predicted octanol–water partition coefficient (Wildman–Crippen LogP) is 4.12. The van der Waals surface area contributed by atoms with Crippen molar-refractivity contribution < 1.29 is 13.7 Å². The molecule has 4 nitrogen and oxygen atoms in total. The SMILES string of the molecule is Ic1ccc(OCc2cc(-c3ccco3)on2)cc1. The van der Waals surface area contributed by atoms with Crippen LogP contribution in [0.1, 0.15) is 5.69 Å². The van der Waals surface area contributed by atoms with Crippen molar-refractivity contribution in [3.05, 3.63) is 58.0 Å². The summed E-state index contributed by atoms with van der Waals surface area (Å²) in [6.45, 7) is 0.366. The third kappa shape index (κ3) is 2.98. The molecule has 0 spiro atoms. The van der Waals surface area contributed by atoms with Gasteiger partial charge in [0.1, 0.15) is 18.1 Å². The Kier molecular flexibility index (Phi) is 3.54. The minimum Gasteiger partial charge on any atom is -0.487 e. The summed E-state index contributed by atoms with van der Waals surface area (Å²) in [6, 6.07) is 13.3. The van der Waals surface area contributed by atoms with Gasteiger partial charge in [-0.3, -0.25) is 0 Å². The summed E-state index contributed by atoms with van der Waals surface area (Å²) in [6.07, 6.45) is 1.60. The molecule has 0 radical (unpaired) electrons. The largest absolute Gasteiger partial charge is 0.487 e. The molecule has 96 valence electrons. The molecule has 3 rings (SSSR count). The Labute approximate surface area is 123 Å². The Morgan fingerprint density at radius 2 is 1.95 bits per heavy atom. The lowest BCUT2D eigenvalue weighted by Crippen LogP contribution is -1.95. The van der Waals surface area contributed by atoms with Crippen molar-refractivity contribution in [1.82, 2.24) is 5.16 Å². The Bertz CT molecular complexity index is 644. The maximum atomic E-state index is 5.62. The number of benzene rings is 1. The Morgan fingerprint density at radius 3 is 2.68 bits per heavy atom. The van der Waals surface area contributed by atoms with Crippen molar-refractivity contribution >= 4 is 22.6 Å². The Balaban J connectivity index is 1.66. The normalized spacial score (nSPS) is 10.6. The molecule has 0 amide bonds. The Morgan fingerprint density at radius 1 is 1.11 bits per heavy atom. The fraction of sp³-hybridized carbons (Fsp3) is 0.0714. The quantitative estimate of drug-likeness (QED) is 0.651. The Hall–Kier alpha value is -1.76. The number of furan rings is 1. The molecule has 0 aliphatic rings. The van der Waals surface area contributed by atoms with E-state index in [2.05, 4.69) is 27.7 Å². The lowest BCUT2D eigenvalue weighted by atomic mass is 10.3. The van der Waals surface area contributed by atoms with Gasteiger partial charge < -0.3 is 13.7 Å². The average Bonchev–Trinajstić information content (AvgIpc) is 3.09. The first-order chi connectivity index (χ1) is 9.31. The van der Waals surface area contributed by atoms with Gasteiger partial charge in [-0.15, -0.1) is 0 Å². The van der Waals surface area contributed by atoms with E-state index in [0.717, 1.165) is 11.4 Å². The van der Waals surface area contributed by atoms with Crippen molar-refractivity contribution in [1.29, 1.82) is 0 Å². The van der Waals surface area contributed by atoms with Crippen LogP contribution in [0.15, 0.2) is 57.7 Å². The van der Waals surface area contributed by atoms with Gasteiger partial charge in [-0.1, -0.05) is 5.16 Å². The highest BCUT2D eigenvalue weighted by molar-refractivity contribution is 14.1. The molecule has 0 fully saturated rings. The molecule has 5 heteroatoms. The standard InChI is InChI=1S/C14H10INO3/c15-10-3-5-12(6-4-10)18-9-11-8-14(19-16-11)13-2-1-7-17-13/h1-8H,9H2. The molecule has 0 saturated heterocycles. The first kappa shape index (κ1) is 12.3. The molecule has 0 aliphatic heterocycles. The summed E-state index contributed by atoms with van der Waals surface area (Å²) in [5.74, 6) is 2.07. The highest BCUT2D eigenvalue weighted by Crippen LogP contribution is 2.21. The number of rotatable bonds is 4. The van der Waals surface area contributed by atoms with Crippen LogP contribution in [0.5, 0.6) is 5.75 Å². The highest BCUT2D eigenvalue weighted by atomic mass is 127. The molecule has 0 aliphatic carbocycles. The van der Waals surface area contributed by atoms with E-state index < -0.39 is 0 Å². The third-order valence-corrected chi connectivity index (χ3v) is 3.24. The van der Waals surface area contributed by atoms with Gasteiger partial charge in [0.05, 0.1) is 6.26 Å². The zero-order chi connectivity index (χ0) is 13.1. The number of hydrogen-bond donors (Lipinski definition) is 0. The van der Waals surface area contributed by atoms with Crippen LogP contribution >= 0.6 is 22.6 Å². The number of ether oxygens (including phenoxy) is 1. The number of nitrogens with zero attached hydrogens (tertiary/aromatic N) is 1. The molecule has 2 aromatic heterocycles. The van der Waals surface area contributed by atoms with Gasteiger partial charge in [0, 0.05) is 9.64 Å². The first-order valence-corrected chi connectivity index (χ1v) is 6.77. The van der Waals surface area contributed by atoms with Crippen molar-refractivity contribution in [3.63, 3.8) is 0 Å². The van der Waals surface area contributed by atoms with Gasteiger partial charge in [0.2, 0.25) is 5.76 Å². The summed E-state index contributed by atoms with van der Waals surface area (Å²) in [7, 11) is 0. The third-order valence-electron chi connectivity index (χ3n) is 2.52. The van der Waals surface area contributed by atoms with Crippen LogP contribution in [0.3, 0.4) is 0 Å². The maximum absolute atomic E-state index is 5.62. The summed E-state index contributed by atoms with van der Waals surface area (Å²) < 4.78 is 17.2. The molecule has 2 heterocycles. The van der Waals surface area contributed by atoms with Crippen LogP contribution in [0.4, 0.5) is 0 Å². The molecule has 19 heavy (non-hydrogen) atoms. The zero-order valence-electron chi connectivity index (χ0n) is 9.88. The van der Waals surface area contributed by atoms with E-state index in [1.165, 1.54) is 3.57 Å². The van der Waals surface area contributed by atoms with Crippen LogP contribution in [-0.4, -0.2) is 5.16 Å². The van der Waals surface area contributed by atoms with E-state index in [9.17, 15) is 0 Å². The number of aromatic nitrogens is 1. The van der Waals surface area contributed by atoms with E-state index >= 15 is 0 Å². The first-order valence-electron chi connectivity index (χ1n) is 5.69. The van der Waals surface area contributed by atoms with Crippen LogP contribution in [0.25, 0.3) is 11.5 Å². The van der Waals surface area contributed by atoms with Crippen LogP contribution in [-0.2, 0) is 6.61 Å². The number of hydrogen-bond acceptors (Lipinski definition) is 4. The van der Waals surface area contributed by atoms with E-state index in [1.54, 1.807) is 12.3 Å². The fourth-order valence-electron chi connectivity index (χ4n) is 1.60. The minimum absolute atomic E-state index is 0.366. The van der Waals surface area contributed by atoms with Crippen LogP contribution < -0.4 is 4.74 Å². The van der Waals surface area contributed by atoms with Crippen LogP contribution in [0.2, 0.25) is 0 Å². The van der Waals surface area contributed by atoms with Gasteiger partial charge in [-0.25, -0.2) is 0 Å². The van der Waals surface area contributed by atoms with E-state index in [4.69, 9.17) is 13.7 Å². The molecule has 0 unspecified atom stereocenters. The van der Waals surface area contributed by atoms with Gasteiger partial charge >= 0.3 is 0 Å². The minimum atomic E-state index is 0.366. The fourth-order valence-corrected chi connectivity index (χ4v) is 1.96. The average molecular weight is 367 g/mol. The molecule has 0 bridgehead atoms. The molecular formula is C14H10INO3. The summed E-state index contributed by atoms with van der Waals surface area (Å²) in [4.78, 5) is 0. The summed E-state index contributed by atoms with van der Waals surface area (Å²) in [5, 5.41) is 3.94. The van der Waals surface area contributed by atoms with E-state index in [-0.39, 0.29) is 0 Å². The topological polar surface area (TPSA) is 48.4 Å². The number of halogens is 1. The molecule has 0 saturated carbocycles. The van der Waals surface area contributed by atoms with Crippen molar-refractivity contribution in [2.45, 2.75) is 6.61 Å². The lowest BCUT2D eigenvalue weighted by molar-refractivity contribution is 0.289. The van der Waals surface area contributed by atoms with Gasteiger partial charge in [-0.2, -0.15) is 0 Å². The van der Waals surface area contributed by atoms with E-state index in [0.29, 0.717) is 18.1 Å². The lowest BCUT2D eigenvalue weighted by Gasteiger charge is -2.02. The van der Waals surface area contributed by atoms with E-state index in [1.807, 2.05) is 36.4 Å². The second-order valence-corrected chi connectivity index (χ2v) is 5.15. The predicted molar refractivity (Wildman–Crippen MR) is 77.7 cm³/mol. The van der Waals surface area contributed by atoms with Crippen molar-refractivity contribution in [3.8, 4) is 17.3 Å².